The number of carbonyl (C=O) groups excluding carboxylic acids is 1. The number of hydrogen-bond donors (Lipinski definition) is 1. The smallest absolute Gasteiger partial charge is 0.257 e. The second kappa shape index (κ2) is 7.59. The van der Waals surface area contributed by atoms with Gasteiger partial charge in [-0.05, 0) is 49.6 Å². The van der Waals surface area contributed by atoms with Crippen molar-refractivity contribution in [1.29, 1.82) is 0 Å². The Morgan fingerprint density at radius 1 is 1.14 bits per heavy atom. The first-order valence-electron chi connectivity index (χ1n) is 7.26. The molecule has 0 unspecified atom stereocenters. The minimum Gasteiger partial charge on any atom is -0.484 e. The normalized spacial score (nSPS) is 10.3. The SMILES string of the molecule is Cc1ccc(OCC(=O)NCCc2ccc(F)cc2)c(C)c1. The first kappa shape index (κ1) is 16.0. The molecule has 0 bridgehead atoms. The summed E-state index contributed by atoms with van der Waals surface area (Å²) in [6, 6.07) is 12.1. The number of hydrogen-bond acceptors (Lipinski definition) is 2. The third-order valence-electron chi connectivity index (χ3n) is 3.34. The van der Waals surface area contributed by atoms with Crippen molar-refractivity contribution >= 4 is 5.91 Å². The fraction of sp³-hybridized carbons (Fsp3) is 0.278. The maximum absolute atomic E-state index is 12.8. The number of rotatable bonds is 6. The quantitative estimate of drug-likeness (QED) is 0.890. The molecule has 0 aromatic heterocycles. The minimum absolute atomic E-state index is 0.00663. The Kier molecular flexibility index (Phi) is 5.53. The summed E-state index contributed by atoms with van der Waals surface area (Å²) in [5, 5.41) is 2.79. The fourth-order valence-corrected chi connectivity index (χ4v) is 2.15. The Hall–Kier alpha value is -2.36. The highest BCUT2D eigenvalue weighted by Crippen LogP contribution is 2.18. The van der Waals surface area contributed by atoms with Crippen molar-refractivity contribution in [1.82, 2.24) is 5.32 Å². The van der Waals surface area contributed by atoms with E-state index in [4.69, 9.17) is 4.74 Å². The van der Waals surface area contributed by atoms with Crippen molar-refractivity contribution in [2.45, 2.75) is 20.3 Å². The standard InChI is InChI=1S/C18H20FNO2/c1-13-3-8-17(14(2)11-13)22-12-18(21)20-10-9-15-4-6-16(19)7-5-15/h3-8,11H,9-10,12H2,1-2H3,(H,20,21). The van der Waals surface area contributed by atoms with Crippen molar-refractivity contribution in [2.24, 2.45) is 0 Å². The van der Waals surface area contributed by atoms with E-state index in [1.165, 1.54) is 12.1 Å². The molecule has 0 spiro atoms. The van der Waals surface area contributed by atoms with Crippen LogP contribution in [0.25, 0.3) is 0 Å². The van der Waals surface area contributed by atoms with Crippen LogP contribution in [-0.4, -0.2) is 19.1 Å². The maximum Gasteiger partial charge on any atom is 0.257 e. The van der Waals surface area contributed by atoms with E-state index in [1.54, 1.807) is 12.1 Å². The van der Waals surface area contributed by atoms with Crippen molar-refractivity contribution in [3.63, 3.8) is 0 Å². The van der Waals surface area contributed by atoms with E-state index in [0.717, 1.165) is 22.4 Å². The van der Waals surface area contributed by atoms with Crippen LogP contribution in [0.1, 0.15) is 16.7 Å². The lowest BCUT2D eigenvalue weighted by atomic mass is 10.1. The molecule has 0 fully saturated rings. The summed E-state index contributed by atoms with van der Waals surface area (Å²) in [6.07, 6.45) is 0.662. The largest absolute Gasteiger partial charge is 0.484 e. The molecule has 0 heterocycles. The lowest BCUT2D eigenvalue weighted by Crippen LogP contribution is -2.30. The zero-order valence-electron chi connectivity index (χ0n) is 12.9. The van der Waals surface area contributed by atoms with Crippen LogP contribution in [0.4, 0.5) is 4.39 Å². The summed E-state index contributed by atoms with van der Waals surface area (Å²) >= 11 is 0. The fourth-order valence-electron chi connectivity index (χ4n) is 2.15. The van der Waals surface area contributed by atoms with Gasteiger partial charge in [0, 0.05) is 6.54 Å². The number of halogens is 1. The molecule has 116 valence electrons. The Morgan fingerprint density at radius 2 is 1.86 bits per heavy atom. The van der Waals surface area contributed by atoms with Crippen LogP contribution in [0, 0.1) is 19.7 Å². The molecule has 0 radical (unpaired) electrons. The molecule has 22 heavy (non-hydrogen) atoms. The zero-order valence-corrected chi connectivity index (χ0v) is 12.9. The van der Waals surface area contributed by atoms with Crippen LogP contribution in [0.15, 0.2) is 42.5 Å². The predicted octanol–water partition coefficient (Wildman–Crippen LogP) is 3.18. The first-order chi connectivity index (χ1) is 10.5. The number of benzene rings is 2. The van der Waals surface area contributed by atoms with E-state index in [1.807, 2.05) is 32.0 Å². The van der Waals surface area contributed by atoms with E-state index in [2.05, 4.69) is 5.32 Å². The molecule has 2 aromatic rings. The van der Waals surface area contributed by atoms with Gasteiger partial charge >= 0.3 is 0 Å². The van der Waals surface area contributed by atoms with Crippen LogP contribution in [0.3, 0.4) is 0 Å². The van der Waals surface area contributed by atoms with E-state index in [9.17, 15) is 9.18 Å². The van der Waals surface area contributed by atoms with Gasteiger partial charge < -0.3 is 10.1 Å². The minimum atomic E-state index is -0.255. The summed E-state index contributed by atoms with van der Waals surface area (Å²) < 4.78 is 18.3. The van der Waals surface area contributed by atoms with Crippen LogP contribution < -0.4 is 10.1 Å². The molecule has 1 N–H and O–H groups in total. The summed E-state index contributed by atoms with van der Waals surface area (Å²) in [5.41, 5.74) is 3.16. The average Bonchev–Trinajstić information content (AvgIpc) is 2.48. The predicted molar refractivity (Wildman–Crippen MR) is 84.5 cm³/mol. The Labute approximate surface area is 130 Å². The summed E-state index contributed by atoms with van der Waals surface area (Å²) in [7, 11) is 0. The van der Waals surface area contributed by atoms with E-state index < -0.39 is 0 Å². The highest BCUT2D eigenvalue weighted by Gasteiger charge is 2.05. The van der Waals surface area contributed by atoms with Gasteiger partial charge in [-0.25, -0.2) is 4.39 Å². The van der Waals surface area contributed by atoms with Crippen LogP contribution >= 0.6 is 0 Å². The molecule has 3 nitrogen and oxygen atoms in total. The third kappa shape index (κ3) is 4.88. The van der Waals surface area contributed by atoms with Gasteiger partial charge in [-0.1, -0.05) is 29.8 Å². The van der Waals surface area contributed by atoms with Gasteiger partial charge in [0.1, 0.15) is 11.6 Å². The Morgan fingerprint density at radius 3 is 2.55 bits per heavy atom. The lowest BCUT2D eigenvalue weighted by molar-refractivity contribution is -0.123. The van der Waals surface area contributed by atoms with Gasteiger partial charge in [0.2, 0.25) is 0 Å². The van der Waals surface area contributed by atoms with Gasteiger partial charge in [0.05, 0.1) is 0 Å². The molecule has 2 rings (SSSR count). The van der Waals surface area contributed by atoms with Gasteiger partial charge in [-0.15, -0.1) is 0 Å². The van der Waals surface area contributed by atoms with Gasteiger partial charge in [-0.3, -0.25) is 4.79 Å². The number of carbonyl (C=O) groups is 1. The van der Waals surface area contributed by atoms with Gasteiger partial charge in [-0.2, -0.15) is 0 Å². The Balaban J connectivity index is 1.72. The number of ether oxygens (including phenoxy) is 1. The van der Waals surface area contributed by atoms with E-state index in [-0.39, 0.29) is 18.3 Å². The van der Waals surface area contributed by atoms with Crippen molar-refractivity contribution in [3.8, 4) is 5.75 Å². The third-order valence-corrected chi connectivity index (χ3v) is 3.34. The molecular formula is C18H20FNO2. The van der Waals surface area contributed by atoms with E-state index in [0.29, 0.717) is 13.0 Å². The molecule has 4 heteroatoms. The maximum atomic E-state index is 12.8. The molecule has 2 aromatic carbocycles. The van der Waals surface area contributed by atoms with Crippen molar-refractivity contribution in [2.75, 3.05) is 13.2 Å². The molecule has 0 saturated carbocycles. The van der Waals surface area contributed by atoms with Crippen LogP contribution in [-0.2, 0) is 11.2 Å². The van der Waals surface area contributed by atoms with Crippen LogP contribution in [0.5, 0.6) is 5.75 Å². The van der Waals surface area contributed by atoms with Gasteiger partial charge in [0.25, 0.3) is 5.91 Å². The second-order valence-corrected chi connectivity index (χ2v) is 5.28. The second-order valence-electron chi connectivity index (χ2n) is 5.28. The molecule has 1 amide bonds. The lowest BCUT2D eigenvalue weighted by Gasteiger charge is -2.10. The van der Waals surface area contributed by atoms with E-state index >= 15 is 0 Å². The number of nitrogens with one attached hydrogen (secondary N) is 1. The molecule has 0 aliphatic heterocycles. The average molecular weight is 301 g/mol. The number of aryl methyl sites for hydroxylation is 2. The molecular weight excluding hydrogens is 281 g/mol. The first-order valence-corrected chi connectivity index (χ1v) is 7.26. The molecule has 0 atom stereocenters. The topological polar surface area (TPSA) is 38.3 Å². The summed E-state index contributed by atoms with van der Waals surface area (Å²) in [6.45, 7) is 4.46. The highest BCUT2D eigenvalue weighted by atomic mass is 19.1. The molecule has 0 aliphatic carbocycles. The molecule has 0 aliphatic rings. The number of amides is 1. The molecule has 0 saturated heterocycles. The van der Waals surface area contributed by atoms with Gasteiger partial charge in [0.15, 0.2) is 6.61 Å². The summed E-state index contributed by atoms with van der Waals surface area (Å²) in [5.74, 6) is 0.302. The summed E-state index contributed by atoms with van der Waals surface area (Å²) in [4.78, 5) is 11.7. The monoisotopic (exact) mass is 301 g/mol. The highest BCUT2D eigenvalue weighted by molar-refractivity contribution is 5.77. The van der Waals surface area contributed by atoms with Crippen LogP contribution in [0.2, 0.25) is 0 Å². The zero-order chi connectivity index (χ0) is 15.9. The Bertz CT molecular complexity index is 638. The van der Waals surface area contributed by atoms with Crippen molar-refractivity contribution in [3.05, 3.63) is 65.0 Å². The van der Waals surface area contributed by atoms with Crippen molar-refractivity contribution < 1.29 is 13.9 Å².